The number of benzene rings is 1. The predicted octanol–water partition coefficient (Wildman–Crippen LogP) is 3.59. The molecule has 3 rings (SSSR count). The molecule has 1 aromatic carbocycles. The zero-order valence-corrected chi connectivity index (χ0v) is 17.8. The lowest BCUT2D eigenvalue weighted by Gasteiger charge is -2.19. The molecule has 2 heterocycles. The van der Waals surface area contributed by atoms with Crippen LogP contribution in [0.1, 0.15) is 31.9 Å². The van der Waals surface area contributed by atoms with E-state index < -0.39 is 11.7 Å². The first-order chi connectivity index (χ1) is 14.7. The molecule has 0 aliphatic rings. The summed E-state index contributed by atoms with van der Waals surface area (Å²) in [5.74, 6) is 0.551. The molecule has 2 aromatic heterocycles. The molecule has 9 nitrogen and oxygen atoms in total. The van der Waals surface area contributed by atoms with Crippen LogP contribution < -0.4 is 11.1 Å². The van der Waals surface area contributed by atoms with Gasteiger partial charge in [-0.2, -0.15) is 5.10 Å². The SMILES string of the molecule is [C-]#[N+]c1ccc(-c2ncc(CCNC(=O)OC(C)(C)C)cn2)c(Cn2cc(N)cn2)c1. The van der Waals surface area contributed by atoms with Gasteiger partial charge in [0, 0.05) is 30.7 Å². The highest BCUT2D eigenvalue weighted by atomic mass is 16.6. The third kappa shape index (κ3) is 6.27. The molecule has 0 aliphatic carbocycles. The van der Waals surface area contributed by atoms with Crippen LogP contribution in [0.3, 0.4) is 0 Å². The van der Waals surface area contributed by atoms with Crippen molar-refractivity contribution in [2.24, 2.45) is 0 Å². The molecule has 3 aromatic rings. The summed E-state index contributed by atoms with van der Waals surface area (Å²) in [5, 5.41) is 6.93. The summed E-state index contributed by atoms with van der Waals surface area (Å²) in [6, 6.07) is 5.39. The highest BCUT2D eigenvalue weighted by molar-refractivity contribution is 5.67. The Morgan fingerprint density at radius 1 is 1.26 bits per heavy atom. The van der Waals surface area contributed by atoms with E-state index in [4.69, 9.17) is 17.0 Å². The Bertz CT molecular complexity index is 1090. The molecule has 31 heavy (non-hydrogen) atoms. The van der Waals surface area contributed by atoms with Gasteiger partial charge in [0.2, 0.25) is 0 Å². The standard InChI is InChI=1S/C22H25N7O2/c1-22(2,3)31-21(30)25-8-7-15-10-26-20(27-11-15)19-6-5-18(24-4)9-16(19)13-29-14-17(23)12-28-29/h5-6,9-12,14H,7-8,13,23H2,1-3H3,(H,25,30). The fourth-order valence-corrected chi connectivity index (χ4v) is 2.89. The molecule has 0 bridgehead atoms. The van der Waals surface area contributed by atoms with E-state index in [1.165, 1.54) is 0 Å². The second-order valence-corrected chi connectivity index (χ2v) is 8.02. The summed E-state index contributed by atoms with van der Waals surface area (Å²) in [6.07, 6.45) is 6.91. The molecule has 0 atom stereocenters. The Balaban J connectivity index is 1.70. The number of carbonyl (C=O) groups is 1. The first-order valence-electron chi connectivity index (χ1n) is 9.80. The van der Waals surface area contributed by atoms with Gasteiger partial charge in [0.25, 0.3) is 0 Å². The molecule has 0 unspecified atom stereocenters. The predicted molar refractivity (Wildman–Crippen MR) is 117 cm³/mol. The number of alkyl carbamates (subject to hydrolysis) is 1. The molecule has 0 aliphatic heterocycles. The Morgan fingerprint density at radius 2 is 2.00 bits per heavy atom. The van der Waals surface area contributed by atoms with E-state index in [1.807, 2.05) is 32.9 Å². The van der Waals surface area contributed by atoms with E-state index in [1.54, 1.807) is 35.5 Å². The van der Waals surface area contributed by atoms with Crippen molar-refractivity contribution in [1.29, 1.82) is 0 Å². The number of rotatable bonds is 6. The highest BCUT2D eigenvalue weighted by Gasteiger charge is 2.15. The van der Waals surface area contributed by atoms with E-state index in [2.05, 4.69) is 25.2 Å². The topological polar surface area (TPSA) is 112 Å². The Hall–Kier alpha value is -3.93. The third-order valence-electron chi connectivity index (χ3n) is 4.23. The van der Waals surface area contributed by atoms with Crippen LogP contribution in [0.5, 0.6) is 0 Å². The van der Waals surface area contributed by atoms with E-state index in [-0.39, 0.29) is 0 Å². The van der Waals surface area contributed by atoms with Gasteiger partial charge in [0.1, 0.15) is 5.60 Å². The van der Waals surface area contributed by atoms with E-state index >= 15 is 0 Å². The Kier molecular flexibility index (Phi) is 6.50. The van der Waals surface area contributed by atoms with Crippen molar-refractivity contribution < 1.29 is 9.53 Å². The van der Waals surface area contributed by atoms with Gasteiger partial charge in [-0.1, -0.05) is 18.2 Å². The van der Waals surface area contributed by atoms with Crippen LogP contribution in [0.4, 0.5) is 16.2 Å². The molecule has 9 heteroatoms. The van der Waals surface area contributed by atoms with Crippen molar-refractivity contribution in [1.82, 2.24) is 25.1 Å². The van der Waals surface area contributed by atoms with Gasteiger partial charge >= 0.3 is 6.09 Å². The number of ether oxygens (including phenoxy) is 1. The second-order valence-electron chi connectivity index (χ2n) is 8.02. The number of anilines is 1. The van der Waals surface area contributed by atoms with Gasteiger partial charge in [-0.05, 0) is 38.3 Å². The van der Waals surface area contributed by atoms with Crippen LogP contribution in [0.2, 0.25) is 0 Å². The van der Waals surface area contributed by atoms with Crippen molar-refractivity contribution in [2.75, 3.05) is 12.3 Å². The largest absolute Gasteiger partial charge is 0.444 e. The average Bonchev–Trinajstić information content (AvgIpc) is 3.12. The number of nitrogen functional groups attached to an aromatic ring is 1. The van der Waals surface area contributed by atoms with Crippen LogP contribution in [0.25, 0.3) is 16.2 Å². The maximum Gasteiger partial charge on any atom is 0.407 e. The fourth-order valence-electron chi connectivity index (χ4n) is 2.89. The molecule has 160 valence electrons. The lowest BCUT2D eigenvalue weighted by molar-refractivity contribution is 0.0528. The zero-order valence-electron chi connectivity index (χ0n) is 17.8. The summed E-state index contributed by atoms with van der Waals surface area (Å²) in [5.41, 5.74) is 8.90. The normalized spacial score (nSPS) is 11.0. The third-order valence-corrected chi connectivity index (χ3v) is 4.23. The fraction of sp³-hybridized carbons (Fsp3) is 0.318. The van der Waals surface area contributed by atoms with Gasteiger partial charge in [-0.25, -0.2) is 19.6 Å². The van der Waals surface area contributed by atoms with Crippen LogP contribution >= 0.6 is 0 Å². The monoisotopic (exact) mass is 419 g/mol. The average molecular weight is 419 g/mol. The molecule has 0 spiro atoms. The smallest absolute Gasteiger partial charge is 0.407 e. The van der Waals surface area contributed by atoms with Crippen molar-refractivity contribution in [3.63, 3.8) is 0 Å². The molecule has 3 N–H and O–H groups in total. The highest BCUT2D eigenvalue weighted by Crippen LogP contribution is 2.26. The van der Waals surface area contributed by atoms with E-state index in [9.17, 15) is 4.79 Å². The Morgan fingerprint density at radius 3 is 2.61 bits per heavy atom. The number of nitrogens with two attached hydrogens (primary N) is 1. The number of carbonyl (C=O) groups excluding carboxylic acids is 1. The molecule has 1 amide bonds. The lowest BCUT2D eigenvalue weighted by atomic mass is 10.1. The van der Waals surface area contributed by atoms with Gasteiger partial charge in [-0.3, -0.25) is 4.68 Å². The molecule has 0 saturated heterocycles. The van der Waals surface area contributed by atoms with Crippen molar-refractivity contribution in [2.45, 2.75) is 39.3 Å². The number of aromatic nitrogens is 4. The van der Waals surface area contributed by atoms with Crippen LogP contribution in [0, 0.1) is 6.57 Å². The summed E-state index contributed by atoms with van der Waals surface area (Å²) >= 11 is 0. The summed E-state index contributed by atoms with van der Waals surface area (Å²) in [7, 11) is 0. The van der Waals surface area contributed by atoms with E-state index in [0.29, 0.717) is 36.7 Å². The Labute approximate surface area is 181 Å². The summed E-state index contributed by atoms with van der Waals surface area (Å²) in [4.78, 5) is 24.2. The van der Waals surface area contributed by atoms with Crippen molar-refractivity contribution in [3.8, 4) is 11.4 Å². The lowest BCUT2D eigenvalue weighted by Crippen LogP contribution is -2.33. The molecule has 0 fully saturated rings. The first-order valence-corrected chi connectivity index (χ1v) is 9.80. The summed E-state index contributed by atoms with van der Waals surface area (Å²) < 4.78 is 6.92. The first kappa shape index (κ1) is 21.8. The van der Waals surface area contributed by atoms with E-state index in [0.717, 1.165) is 16.7 Å². The molecular weight excluding hydrogens is 394 g/mol. The minimum Gasteiger partial charge on any atom is -0.444 e. The quantitative estimate of drug-likeness (QED) is 0.591. The zero-order chi connectivity index (χ0) is 22.4. The number of nitrogens with one attached hydrogen (secondary N) is 1. The summed E-state index contributed by atoms with van der Waals surface area (Å²) in [6.45, 7) is 13.6. The second kappa shape index (κ2) is 9.26. The minimum absolute atomic E-state index is 0.420. The number of nitrogens with zero attached hydrogens (tertiary/aromatic N) is 5. The van der Waals surface area contributed by atoms with Gasteiger partial charge in [0.15, 0.2) is 11.5 Å². The maximum atomic E-state index is 11.7. The van der Waals surface area contributed by atoms with Gasteiger partial charge in [-0.15, -0.1) is 0 Å². The van der Waals surface area contributed by atoms with Crippen LogP contribution in [0.15, 0.2) is 43.0 Å². The molecule has 0 saturated carbocycles. The maximum absolute atomic E-state index is 11.7. The van der Waals surface area contributed by atoms with Gasteiger partial charge in [0.05, 0.1) is 25.0 Å². The number of hydrogen-bond acceptors (Lipinski definition) is 6. The number of hydrogen-bond donors (Lipinski definition) is 2. The van der Waals surface area contributed by atoms with Crippen LogP contribution in [-0.4, -0.2) is 38.0 Å². The van der Waals surface area contributed by atoms with Gasteiger partial charge < -0.3 is 15.8 Å². The molecular formula is C22H25N7O2. The van der Waals surface area contributed by atoms with Crippen molar-refractivity contribution >= 4 is 17.5 Å². The van der Waals surface area contributed by atoms with Crippen LogP contribution in [-0.2, 0) is 17.7 Å². The minimum atomic E-state index is -0.531. The van der Waals surface area contributed by atoms with Crippen molar-refractivity contribution in [3.05, 3.63) is 65.5 Å². The number of amides is 1. The molecule has 0 radical (unpaired) electrons.